The number of hydrogen-bond acceptors (Lipinski definition) is 4. The van der Waals surface area contributed by atoms with Gasteiger partial charge in [0.25, 0.3) is 0 Å². The zero-order valence-corrected chi connectivity index (χ0v) is 14.1. The van der Waals surface area contributed by atoms with Gasteiger partial charge in [-0.1, -0.05) is 13.8 Å². The van der Waals surface area contributed by atoms with Crippen LogP contribution >= 0.6 is 0 Å². The minimum atomic E-state index is -2.90. The van der Waals surface area contributed by atoms with Crippen molar-refractivity contribution in [2.75, 3.05) is 24.6 Å². The maximum absolute atomic E-state index is 11.7. The maximum Gasteiger partial charge on any atom is 0.152 e. The largest absolute Gasteiger partial charge is 0.316 e. The van der Waals surface area contributed by atoms with Gasteiger partial charge in [0.2, 0.25) is 0 Å². The van der Waals surface area contributed by atoms with E-state index in [1.165, 1.54) is 5.56 Å². The third-order valence-corrected chi connectivity index (χ3v) is 5.93. The lowest BCUT2D eigenvalue weighted by molar-refractivity contribution is 0.328. The quantitative estimate of drug-likeness (QED) is 0.777. The zero-order valence-electron chi connectivity index (χ0n) is 13.3. The van der Waals surface area contributed by atoms with E-state index in [4.69, 9.17) is 0 Å². The van der Waals surface area contributed by atoms with Crippen LogP contribution in [0.4, 0.5) is 0 Å². The summed E-state index contributed by atoms with van der Waals surface area (Å²) in [7, 11) is -2.90. The van der Waals surface area contributed by atoms with E-state index in [2.05, 4.69) is 24.3 Å². The Bertz CT molecular complexity index is 565. The first kappa shape index (κ1) is 16.5. The second-order valence-electron chi connectivity index (χ2n) is 6.83. The first-order valence-corrected chi connectivity index (χ1v) is 9.58. The van der Waals surface area contributed by atoms with Crippen molar-refractivity contribution in [3.63, 3.8) is 0 Å². The van der Waals surface area contributed by atoms with E-state index in [0.29, 0.717) is 12.3 Å². The van der Waals surface area contributed by atoms with Gasteiger partial charge in [-0.3, -0.25) is 4.68 Å². The fraction of sp³-hybridized carbons (Fsp3) is 0.800. The fourth-order valence-electron chi connectivity index (χ4n) is 2.77. The number of aromatic nitrogens is 2. The molecule has 6 heteroatoms. The molecule has 120 valence electrons. The molecule has 0 spiro atoms. The molecule has 5 nitrogen and oxygen atoms in total. The Morgan fingerprint density at radius 1 is 1.48 bits per heavy atom. The van der Waals surface area contributed by atoms with Crippen LogP contribution < -0.4 is 5.32 Å². The molecule has 1 unspecified atom stereocenters. The fourth-order valence-corrected chi connectivity index (χ4v) is 4.89. The predicted molar refractivity (Wildman–Crippen MR) is 85.2 cm³/mol. The Kier molecular flexibility index (Phi) is 5.09. The molecule has 1 fully saturated rings. The Labute approximate surface area is 128 Å². The molecule has 0 aromatic carbocycles. The molecule has 0 aliphatic carbocycles. The van der Waals surface area contributed by atoms with Gasteiger partial charge in [0.05, 0.1) is 23.2 Å². The lowest BCUT2D eigenvalue weighted by Crippen LogP contribution is -2.31. The van der Waals surface area contributed by atoms with Crippen molar-refractivity contribution in [2.24, 2.45) is 5.92 Å². The third-order valence-electron chi connectivity index (χ3n) is 4.04. The van der Waals surface area contributed by atoms with E-state index in [9.17, 15) is 8.42 Å². The smallest absolute Gasteiger partial charge is 0.152 e. The van der Waals surface area contributed by atoms with Crippen molar-refractivity contribution in [3.8, 4) is 0 Å². The van der Waals surface area contributed by atoms with E-state index in [0.717, 1.165) is 25.9 Å². The normalized spacial score (nSPS) is 24.8. The molecule has 1 aromatic heterocycles. The molecule has 21 heavy (non-hydrogen) atoms. The Balaban J connectivity index is 1.85. The number of nitrogens with one attached hydrogen (secondary N) is 1. The first-order valence-electron chi connectivity index (χ1n) is 7.76. The molecular weight excluding hydrogens is 286 g/mol. The SMILES string of the molecule is CC(C)CNCCCc1cnn(C2(C)CCS(=O)(=O)C2)c1. The number of nitrogens with zero attached hydrogens (tertiary/aromatic N) is 2. The van der Waals surface area contributed by atoms with Crippen LogP contribution in [0.15, 0.2) is 12.4 Å². The first-order chi connectivity index (χ1) is 9.81. The average Bonchev–Trinajstić information content (AvgIpc) is 2.94. The summed E-state index contributed by atoms with van der Waals surface area (Å²) < 4.78 is 25.2. The molecule has 0 amide bonds. The molecule has 1 N–H and O–H groups in total. The van der Waals surface area contributed by atoms with Crippen molar-refractivity contribution in [1.29, 1.82) is 0 Å². The summed E-state index contributed by atoms with van der Waals surface area (Å²) in [6, 6.07) is 0. The highest BCUT2D eigenvalue weighted by Crippen LogP contribution is 2.30. The maximum atomic E-state index is 11.7. The van der Waals surface area contributed by atoms with Crippen molar-refractivity contribution in [2.45, 2.75) is 45.6 Å². The van der Waals surface area contributed by atoms with Gasteiger partial charge < -0.3 is 5.32 Å². The van der Waals surface area contributed by atoms with Crippen LogP contribution in [0, 0.1) is 5.92 Å². The highest BCUT2D eigenvalue weighted by Gasteiger charge is 2.40. The third kappa shape index (κ3) is 4.54. The molecule has 2 rings (SSSR count). The standard InChI is InChI=1S/C15H27N3O2S/c1-13(2)9-16-7-4-5-14-10-17-18(11-14)15(3)6-8-21(19,20)12-15/h10-11,13,16H,4-9,12H2,1-3H3. The molecule has 1 aliphatic heterocycles. The van der Waals surface area contributed by atoms with Gasteiger partial charge in [-0.25, -0.2) is 8.42 Å². The number of sulfone groups is 1. The van der Waals surface area contributed by atoms with Crippen LogP contribution in [0.25, 0.3) is 0 Å². The Hall–Kier alpha value is -0.880. The van der Waals surface area contributed by atoms with E-state index in [-0.39, 0.29) is 17.0 Å². The number of aryl methyl sites for hydroxylation is 1. The van der Waals surface area contributed by atoms with Crippen LogP contribution in [0.2, 0.25) is 0 Å². The van der Waals surface area contributed by atoms with Crippen LogP contribution in [-0.2, 0) is 21.8 Å². The second kappa shape index (κ2) is 6.48. The monoisotopic (exact) mass is 313 g/mol. The van der Waals surface area contributed by atoms with Gasteiger partial charge in [0, 0.05) is 6.20 Å². The van der Waals surface area contributed by atoms with Crippen molar-refractivity contribution in [1.82, 2.24) is 15.1 Å². The average molecular weight is 313 g/mol. The van der Waals surface area contributed by atoms with Crippen LogP contribution in [0.3, 0.4) is 0 Å². The summed E-state index contributed by atoms with van der Waals surface area (Å²) >= 11 is 0. The topological polar surface area (TPSA) is 64.0 Å². The van der Waals surface area contributed by atoms with Crippen LogP contribution in [-0.4, -0.2) is 42.8 Å². The number of rotatable bonds is 7. The highest BCUT2D eigenvalue weighted by atomic mass is 32.2. The minimum Gasteiger partial charge on any atom is -0.316 e. The molecule has 1 saturated heterocycles. The summed E-state index contributed by atoms with van der Waals surface area (Å²) in [5.74, 6) is 1.16. The summed E-state index contributed by atoms with van der Waals surface area (Å²) in [5.41, 5.74) is 0.819. The highest BCUT2D eigenvalue weighted by molar-refractivity contribution is 7.91. The van der Waals surface area contributed by atoms with E-state index >= 15 is 0 Å². The second-order valence-corrected chi connectivity index (χ2v) is 9.02. The summed E-state index contributed by atoms with van der Waals surface area (Å²) in [6.07, 6.45) is 6.61. The lowest BCUT2D eigenvalue weighted by Gasteiger charge is -2.22. The van der Waals surface area contributed by atoms with Crippen molar-refractivity contribution >= 4 is 9.84 Å². The van der Waals surface area contributed by atoms with Gasteiger partial charge in [0.15, 0.2) is 9.84 Å². The molecule has 2 heterocycles. The Morgan fingerprint density at radius 3 is 2.86 bits per heavy atom. The van der Waals surface area contributed by atoms with Crippen molar-refractivity contribution in [3.05, 3.63) is 18.0 Å². The summed E-state index contributed by atoms with van der Waals surface area (Å²) in [5, 5.41) is 7.82. The van der Waals surface area contributed by atoms with Gasteiger partial charge in [0.1, 0.15) is 0 Å². The van der Waals surface area contributed by atoms with Gasteiger partial charge in [-0.2, -0.15) is 5.10 Å². The van der Waals surface area contributed by atoms with Gasteiger partial charge in [-0.15, -0.1) is 0 Å². The summed E-state index contributed by atoms with van der Waals surface area (Å²) in [4.78, 5) is 0. The molecule has 1 aromatic rings. The van der Waals surface area contributed by atoms with Crippen molar-refractivity contribution < 1.29 is 8.42 Å². The Morgan fingerprint density at radius 2 is 2.24 bits per heavy atom. The lowest BCUT2D eigenvalue weighted by atomic mass is 10.0. The predicted octanol–water partition coefficient (Wildman–Crippen LogP) is 1.59. The number of hydrogen-bond donors (Lipinski definition) is 1. The summed E-state index contributed by atoms with van der Waals surface area (Å²) in [6.45, 7) is 8.45. The van der Waals surface area contributed by atoms with Crippen LogP contribution in [0.5, 0.6) is 0 Å². The molecular formula is C15H27N3O2S. The van der Waals surface area contributed by atoms with E-state index in [1.807, 2.05) is 24.0 Å². The molecule has 0 saturated carbocycles. The minimum absolute atomic E-state index is 0.205. The van der Waals surface area contributed by atoms with Gasteiger partial charge >= 0.3 is 0 Å². The van der Waals surface area contributed by atoms with Crippen LogP contribution in [0.1, 0.15) is 39.2 Å². The van der Waals surface area contributed by atoms with Gasteiger partial charge in [-0.05, 0) is 50.8 Å². The molecule has 0 bridgehead atoms. The van der Waals surface area contributed by atoms with E-state index in [1.54, 1.807) is 0 Å². The van der Waals surface area contributed by atoms with E-state index < -0.39 is 9.84 Å². The molecule has 1 aliphatic rings. The molecule has 1 atom stereocenters. The molecule has 0 radical (unpaired) electrons. The zero-order chi connectivity index (χ0) is 15.5.